The maximum atomic E-state index is 14.6. The van der Waals surface area contributed by atoms with E-state index in [2.05, 4.69) is 4.99 Å². The van der Waals surface area contributed by atoms with Crippen LogP contribution in [0.25, 0.3) is 10.2 Å². The number of para-hydroxylation sites is 2. The zero-order valence-electron chi connectivity index (χ0n) is 19.8. The van der Waals surface area contributed by atoms with Crippen molar-refractivity contribution in [3.63, 3.8) is 0 Å². The van der Waals surface area contributed by atoms with Crippen LogP contribution >= 0.6 is 11.3 Å². The first-order chi connectivity index (χ1) is 17.8. The molecule has 0 N–H and O–H groups in total. The van der Waals surface area contributed by atoms with Crippen LogP contribution in [0.1, 0.15) is 22.8 Å². The number of carbonyl (C=O) groups excluding carboxylic acids is 2. The zero-order valence-corrected chi connectivity index (χ0v) is 21.4. The average Bonchev–Trinajstić information content (AvgIpc) is 3.47. The third-order valence-corrected chi connectivity index (χ3v) is 8.85. The summed E-state index contributed by atoms with van der Waals surface area (Å²) in [6.45, 7) is 1.86. The lowest BCUT2D eigenvalue weighted by Gasteiger charge is -2.19. The molecule has 2 heterocycles. The Morgan fingerprint density at radius 3 is 2.57 bits per heavy atom. The van der Waals surface area contributed by atoms with Crippen LogP contribution in [-0.4, -0.2) is 38.0 Å². The number of hydrogen-bond acceptors (Lipinski definition) is 6. The standard InChI is InChI=1S/C26H22FN3O5S2/c1-2-35-23(31)16-29-24-20(27)7-5-9-22(24)36-26(29)28-25(32)18-10-12-19(13-11-18)37(33,34)30-15-14-17-6-3-4-8-21(17)30/h3-13H,2,14-16H2,1H3. The fraction of sp³-hybridized carbons (Fsp3) is 0.192. The Morgan fingerprint density at radius 2 is 1.81 bits per heavy atom. The Kier molecular flexibility index (Phi) is 6.65. The van der Waals surface area contributed by atoms with Gasteiger partial charge in [0.15, 0.2) is 4.80 Å². The molecule has 1 amide bonds. The molecular formula is C26H22FN3O5S2. The minimum absolute atomic E-state index is 0.0575. The van der Waals surface area contributed by atoms with Crippen molar-refractivity contribution in [2.75, 3.05) is 17.5 Å². The molecule has 1 aromatic heterocycles. The van der Waals surface area contributed by atoms with Gasteiger partial charge in [-0.3, -0.25) is 13.9 Å². The van der Waals surface area contributed by atoms with Gasteiger partial charge in [-0.2, -0.15) is 4.99 Å². The van der Waals surface area contributed by atoms with Crippen molar-refractivity contribution in [2.24, 2.45) is 4.99 Å². The van der Waals surface area contributed by atoms with Gasteiger partial charge < -0.3 is 9.30 Å². The maximum Gasteiger partial charge on any atom is 0.326 e. The number of hydrogen-bond donors (Lipinski definition) is 0. The average molecular weight is 540 g/mol. The maximum absolute atomic E-state index is 14.6. The first kappa shape index (κ1) is 24.8. The molecule has 0 saturated carbocycles. The summed E-state index contributed by atoms with van der Waals surface area (Å²) in [7, 11) is -3.80. The molecule has 0 saturated heterocycles. The summed E-state index contributed by atoms with van der Waals surface area (Å²) in [5.41, 5.74) is 1.93. The Balaban J connectivity index is 1.47. The molecule has 0 radical (unpaired) electrons. The minimum Gasteiger partial charge on any atom is -0.465 e. The van der Waals surface area contributed by atoms with Gasteiger partial charge in [-0.05, 0) is 61.4 Å². The number of fused-ring (bicyclic) bond motifs is 2. The predicted octanol–water partition coefficient (Wildman–Crippen LogP) is 3.90. The second-order valence-electron chi connectivity index (χ2n) is 8.26. The summed E-state index contributed by atoms with van der Waals surface area (Å²) >= 11 is 1.06. The number of halogens is 1. The van der Waals surface area contributed by atoms with Crippen molar-refractivity contribution in [1.29, 1.82) is 0 Å². The third-order valence-electron chi connectivity index (χ3n) is 5.98. The number of thiazole rings is 1. The van der Waals surface area contributed by atoms with E-state index in [4.69, 9.17) is 4.74 Å². The van der Waals surface area contributed by atoms with Gasteiger partial charge in [0.25, 0.3) is 15.9 Å². The lowest BCUT2D eigenvalue weighted by molar-refractivity contribution is -0.143. The minimum atomic E-state index is -3.80. The highest BCUT2D eigenvalue weighted by Crippen LogP contribution is 2.32. The Hall–Kier alpha value is -3.83. The number of amides is 1. The molecule has 0 atom stereocenters. The van der Waals surface area contributed by atoms with E-state index >= 15 is 0 Å². The van der Waals surface area contributed by atoms with Crippen LogP contribution in [0.5, 0.6) is 0 Å². The van der Waals surface area contributed by atoms with Crippen LogP contribution in [0, 0.1) is 5.82 Å². The molecule has 4 aromatic rings. The van der Waals surface area contributed by atoms with E-state index in [-0.39, 0.29) is 33.9 Å². The second-order valence-corrected chi connectivity index (χ2v) is 11.1. The lowest BCUT2D eigenvalue weighted by Crippen LogP contribution is -2.29. The van der Waals surface area contributed by atoms with Crippen LogP contribution in [0.4, 0.5) is 10.1 Å². The quantitative estimate of drug-likeness (QED) is 0.346. The van der Waals surface area contributed by atoms with E-state index in [1.807, 2.05) is 12.1 Å². The topological polar surface area (TPSA) is 98.0 Å². The molecule has 3 aromatic carbocycles. The molecule has 11 heteroatoms. The summed E-state index contributed by atoms with van der Waals surface area (Å²) in [6, 6.07) is 17.3. The van der Waals surface area contributed by atoms with Gasteiger partial charge in [0, 0.05) is 12.1 Å². The highest BCUT2D eigenvalue weighted by molar-refractivity contribution is 7.92. The monoisotopic (exact) mass is 539 g/mol. The van der Waals surface area contributed by atoms with E-state index in [1.54, 1.807) is 25.1 Å². The van der Waals surface area contributed by atoms with Gasteiger partial charge in [-0.1, -0.05) is 35.6 Å². The summed E-state index contributed by atoms with van der Waals surface area (Å²) in [4.78, 5) is 29.4. The number of ether oxygens (including phenoxy) is 1. The summed E-state index contributed by atoms with van der Waals surface area (Å²) in [5.74, 6) is -1.79. The smallest absolute Gasteiger partial charge is 0.326 e. The zero-order chi connectivity index (χ0) is 26.2. The lowest BCUT2D eigenvalue weighted by atomic mass is 10.2. The summed E-state index contributed by atoms with van der Waals surface area (Å²) in [5, 5.41) is 0. The van der Waals surface area contributed by atoms with Gasteiger partial charge >= 0.3 is 5.97 Å². The van der Waals surface area contributed by atoms with E-state index < -0.39 is 27.7 Å². The van der Waals surface area contributed by atoms with Crippen LogP contribution in [-0.2, 0) is 32.5 Å². The van der Waals surface area contributed by atoms with Gasteiger partial charge in [0.05, 0.1) is 27.4 Å². The number of anilines is 1. The van der Waals surface area contributed by atoms with Gasteiger partial charge in [-0.25, -0.2) is 12.8 Å². The molecule has 5 rings (SSSR count). The molecule has 190 valence electrons. The second kappa shape index (κ2) is 9.91. The molecule has 1 aliphatic heterocycles. The number of rotatable bonds is 6. The molecule has 8 nitrogen and oxygen atoms in total. The van der Waals surface area contributed by atoms with Crippen LogP contribution < -0.4 is 9.11 Å². The number of esters is 1. The van der Waals surface area contributed by atoms with Crippen LogP contribution in [0.3, 0.4) is 0 Å². The Bertz CT molecular complexity index is 1690. The summed E-state index contributed by atoms with van der Waals surface area (Å²) in [6.07, 6.45) is 0.631. The van der Waals surface area contributed by atoms with E-state index in [0.717, 1.165) is 16.9 Å². The number of benzene rings is 3. The molecular weight excluding hydrogens is 517 g/mol. The normalized spacial score (nSPS) is 13.7. The molecule has 0 bridgehead atoms. The van der Waals surface area contributed by atoms with Gasteiger partial charge in [0.1, 0.15) is 12.4 Å². The fourth-order valence-corrected chi connectivity index (χ4v) is 6.81. The molecule has 1 aliphatic rings. The Labute approximate surface area is 216 Å². The molecule has 0 aliphatic carbocycles. The first-order valence-corrected chi connectivity index (χ1v) is 13.8. The van der Waals surface area contributed by atoms with Crippen molar-refractivity contribution in [2.45, 2.75) is 24.8 Å². The van der Waals surface area contributed by atoms with Crippen molar-refractivity contribution in [3.05, 3.63) is 88.5 Å². The van der Waals surface area contributed by atoms with Crippen molar-refractivity contribution in [3.8, 4) is 0 Å². The fourth-order valence-electron chi connectivity index (χ4n) is 4.26. The van der Waals surface area contributed by atoms with E-state index in [0.29, 0.717) is 23.4 Å². The molecule has 0 spiro atoms. The van der Waals surface area contributed by atoms with Crippen molar-refractivity contribution in [1.82, 2.24) is 4.57 Å². The number of sulfonamides is 1. The first-order valence-electron chi connectivity index (χ1n) is 11.5. The van der Waals surface area contributed by atoms with Gasteiger partial charge in [-0.15, -0.1) is 0 Å². The van der Waals surface area contributed by atoms with E-state index in [9.17, 15) is 22.4 Å². The van der Waals surface area contributed by atoms with Crippen LogP contribution in [0.15, 0.2) is 76.6 Å². The molecule has 37 heavy (non-hydrogen) atoms. The summed E-state index contributed by atoms with van der Waals surface area (Å²) < 4.78 is 49.2. The van der Waals surface area contributed by atoms with Gasteiger partial charge in [0.2, 0.25) is 0 Å². The number of nitrogens with zero attached hydrogens (tertiary/aromatic N) is 3. The molecule has 0 fully saturated rings. The SMILES string of the molecule is CCOC(=O)Cn1c(=NC(=O)c2ccc(S(=O)(=O)N3CCc4ccccc43)cc2)sc2cccc(F)c21. The number of carbonyl (C=O) groups is 2. The van der Waals surface area contributed by atoms with Crippen LogP contribution in [0.2, 0.25) is 0 Å². The number of aromatic nitrogens is 1. The Morgan fingerprint density at radius 1 is 1.05 bits per heavy atom. The predicted molar refractivity (Wildman–Crippen MR) is 137 cm³/mol. The van der Waals surface area contributed by atoms with E-state index in [1.165, 1.54) is 45.3 Å². The van der Waals surface area contributed by atoms with Crippen molar-refractivity contribution >= 4 is 49.1 Å². The largest absolute Gasteiger partial charge is 0.465 e. The van der Waals surface area contributed by atoms with Crippen molar-refractivity contribution < 1.29 is 27.1 Å². The molecule has 0 unspecified atom stereocenters. The highest BCUT2D eigenvalue weighted by Gasteiger charge is 2.30. The highest BCUT2D eigenvalue weighted by atomic mass is 32.2. The third kappa shape index (κ3) is 4.67.